The summed E-state index contributed by atoms with van der Waals surface area (Å²) in [7, 11) is 1.92. The van der Waals surface area contributed by atoms with E-state index in [0.717, 1.165) is 15.6 Å². The number of benzene rings is 2. The van der Waals surface area contributed by atoms with Crippen LogP contribution >= 0.6 is 39.1 Å². The van der Waals surface area contributed by atoms with Crippen LogP contribution < -0.4 is 5.32 Å². The Bertz CT molecular complexity index is 599. The van der Waals surface area contributed by atoms with E-state index in [9.17, 15) is 0 Å². The van der Waals surface area contributed by atoms with E-state index < -0.39 is 0 Å². The molecule has 0 aliphatic carbocycles. The van der Waals surface area contributed by atoms with Crippen LogP contribution in [-0.2, 0) is 0 Å². The van der Waals surface area contributed by atoms with Crippen molar-refractivity contribution in [3.05, 3.63) is 67.6 Å². The normalized spacial score (nSPS) is 12.5. The molecule has 0 radical (unpaired) electrons. The highest BCUT2D eigenvalue weighted by atomic mass is 79.9. The Morgan fingerprint density at radius 2 is 1.89 bits per heavy atom. The first-order valence-electron chi connectivity index (χ1n) is 5.92. The summed E-state index contributed by atoms with van der Waals surface area (Å²) >= 11 is 15.9. The summed E-state index contributed by atoms with van der Waals surface area (Å²) in [5, 5.41) is 4.47. The van der Waals surface area contributed by atoms with Gasteiger partial charge in [0, 0.05) is 4.47 Å². The van der Waals surface area contributed by atoms with E-state index >= 15 is 0 Å². The molecular weight excluding hydrogens is 345 g/mol. The molecule has 0 aliphatic heterocycles. The quantitative estimate of drug-likeness (QED) is 0.777. The lowest BCUT2D eigenvalue weighted by Crippen LogP contribution is -2.18. The molecule has 100 valence electrons. The van der Waals surface area contributed by atoms with Crippen LogP contribution in [0.1, 0.15) is 22.7 Å². The Labute approximate surface area is 132 Å². The molecule has 0 fully saturated rings. The molecule has 1 N–H and O–H groups in total. The highest BCUT2D eigenvalue weighted by Gasteiger charge is 2.17. The molecule has 0 saturated carbocycles. The predicted octanol–water partition coefficient (Wildman–Crippen LogP) is 5.37. The van der Waals surface area contributed by atoms with Gasteiger partial charge in [-0.05, 0) is 42.8 Å². The van der Waals surface area contributed by atoms with E-state index in [4.69, 9.17) is 23.2 Å². The minimum Gasteiger partial charge on any atom is -0.309 e. The molecule has 4 heteroatoms. The highest BCUT2D eigenvalue weighted by Crippen LogP contribution is 2.33. The van der Waals surface area contributed by atoms with Crippen LogP contribution in [0.3, 0.4) is 0 Å². The number of hydrogen-bond donors (Lipinski definition) is 1. The first-order valence-corrected chi connectivity index (χ1v) is 7.46. The number of nitrogens with one attached hydrogen (secondary N) is 1. The Morgan fingerprint density at radius 1 is 1.16 bits per heavy atom. The number of rotatable bonds is 3. The fraction of sp³-hybridized carbons (Fsp3) is 0.200. The summed E-state index contributed by atoms with van der Waals surface area (Å²) in [5.41, 5.74) is 3.33. The number of halogens is 3. The summed E-state index contributed by atoms with van der Waals surface area (Å²) < 4.78 is 1.10. The van der Waals surface area contributed by atoms with Crippen molar-refractivity contribution < 1.29 is 0 Å². The molecule has 0 bridgehead atoms. The van der Waals surface area contributed by atoms with E-state index in [2.05, 4.69) is 40.3 Å². The lowest BCUT2D eigenvalue weighted by molar-refractivity contribution is 0.691. The van der Waals surface area contributed by atoms with E-state index in [1.807, 2.05) is 25.2 Å². The van der Waals surface area contributed by atoms with E-state index in [-0.39, 0.29) is 6.04 Å². The average Bonchev–Trinajstić information content (AvgIpc) is 2.39. The largest absolute Gasteiger partial charge is 0.309 e. The number of hydrogen-bond acceptors (Lipinski definition) is 1. The minimum atomic E-state index is 0.0259. The topological polar surface area (TPSA) is 12.0 Å². The molecule has 2 aromatic rings. The summed E-state index contributed by atoms with van der Waals surface area (Å²) in [6, 6.07) is 12.0. The summed E-state index contributed by atoms with van der Waals surface area (Å²) in [4.78, 5) is 0. The Hall–Kier alpha value is -0.540. The fourth-order valence-corrected chi connectivity index (χ4v) is 2.76. The maximum atomic E-state index is 6.31. The first kappa shape index (κ1) is 14.9. The third-order valence-corrected chi connectivity index (χ3v) is 4.82. The van der Waals surface area contributed by atoms with Gasteiger partial charge in [-0.2, -0.15) is 0 Å². The Kier molecular flexibility index (Phi) is 4.91. The maximum Gasteiger partial charge on any atom is 0.0643 e. The predicted molar refractivity (Wildman–Crippen MR) is 86.2 cm³/mol. The summed E-state index contributed by atoms with van der Waals surface area (Å²) in [6.07, 6.45) is 0. The molecule has 0 aromatic heterocycles. The maximum absolute atomic E-state index is 6.31. The molecule has 19 heavy (non-hydrogen) atoms. The van der Waals surface area contributed by atoms with Crippen molar-refractivity contribution in [2.45, 2.75) is 13.0 Å². The third kappa shape index (κ3) is 3.14. The van der Waals surface area contributed by atoms with Crippen molar-refractivity contribution in [1.82, 2.24) is 5.32 Å². The van der Waals surface area contributed by atoms with Crippen LogP contribution in [-0.4, -0.2) is 7.05 Å². The van der Waals surface area contributed by atoms with Crippen LogP contribution in [0.2, 0.25) is 10.0 Å². The van der Waals surface area contributed by atoms with Crippen LogP contribution in [0, 0.1) is 6.92 Å². The molecule has 1 atom stereocenters. The zero-order valence-electron chi connectivity index (χ0n) is 10.7. The van der Waals surface area contributed by atoms with E-state index in [1.165, 1.54) is 5.56 Å². The second kappa shape index (κ2) is 6.27. The van der Waals surface area contributed by atoms with E-state index in [0.29, 0.717) is 10.0 Å². The van der Waals surface area contributed by atoms with Gasteiger partial charge >= 0.3 is 0 Å². The zero-order valence-corrected chi connectivity index (χ0v) is 13.8. The third-order valence-electron chi connectivity index (χ3n) is 3.10. The molecule has 2 aromatic carbocycles. The van der Waals surface area contributed by atoms with Gasteiger partial charge in [0.1, 0.15) is 0 Å². The second-order valence-electron chi connectivity index (χ2n) is 4.37. The highest BCUT2D eigenvalue weighted by molar-refractivity contribution is 9.10. The summed E-state index contributed by atoms with van der Waals surface area (Å²) in [5.74, 6) is 0. The smallest absolute Gasteiger partial charge is 0.0643 e. The second-order valence-corrected chi connectivity index (χ2v) is 6.01. The van der Waals surface area contributed by atoms with Gasteiger partial charge in [-0.25, -0.2) is 0 Å². The lowest BCUT2D eigenvalue weighted by atomic mass is 9.97. The molecule has 0 amide bonds. The lowest BCUT2D eigenvalue weighted by Gasteiger charge is -2.20. The van der Waals surface area contributed by atoms with E-state index in [1.54, 1.807) is 6.07 Å². The van der Waals surface area contributed by atoms with Gasteiger partial charge in [0.15, 0.2) is 0 Å². The van der Waals surface area contributed by atoms with Crippen LogP contribution in [0.15, 0.2) is 40.9 Å². The first-order chi connectivity index (χ1) is 9.04. The fourth-order valence-electron chi connectivity index (χ4n) is 2.09. The molecule has 0 heterocycles. The Morgan fingerprint density at radius 3 is 2.53 bits per heavy atom. The molecule has 2 rings (SSSR count). The summed E-state index contributed by atoms with van der Waals surface area (Å²) in [6.45, 7) is 2.07. The molecule has 0 aliphatic rings. The van der Waals surface area contributed by atoms with Crippen molar-refractivity contribution >= 4 is 39.1 Å². The van der Waals surface area contributed by atoms with Gasteiger partial charge in [0.25, 0.3) is 0 Å². The van der Waals surface area contributed by atoms with Crippen molar-refractivity contribution in [2.75, 3.05) is 7.05 Å². The van der Waals surface area contributed by atoms with Crippen molar-refractivity contribution in [3.8, 4) is 0 Å². The van der Waals surface area contributed by atoms with Gasteiger partial charge in [-0.1, -0.05) is 63.4 Å². The van der Waals surface area contributed by atoms with Crippen LogP contribution in [0.25, 0.3) is 0 Å². The molecule has 1 nitrogen and oxygen atoms in total. The zero-order chi connectivity index (χ0) is 14.0. The van der Waals surface area contributed by atoms with Gasteiger partial charge < -0.3 is 5.32 Å². The van der Waals surface area contributed by atoms with Crippen molar-refractivity contribution in [3.63, 3.8) is 0 Å². The average molecular weight is 359 g/mol. The van der Waals surface area contributed by atoms with Crippen molar-refractivity contribution in [1.29, 1.82) is 0 Å². The molecular formula is C15H14BrCl2N. The molecule has 0 saturated heterocycles. The SMILES string of the molecule is CNC(c1ccc(Br)c(C)c1)c1cccc(Cl)c1Cl. The van der Waals surface area contributed by atoms with Crippen LogP contribution in [0.5, 0.6) is 0 Å². The van der Waals surface area contributed by atoms with Gasteiger partial charge in [-0.15, -0.1) is 0 Å². The van der Waals surface area contributed by atoms with Crippen molar-refractivity contribution in [2.24, 2.45) is 0 Å². The monoisotopic (exact) mass is 357 g/mol. The van der Waals surface area contributed by atoms with Gasteiger partial charge in [0.2, 0.25) is 0 Å². The van der Waals surface area contributed by atoms with Gasteiger partial charge in [-0.3, -0.25) is 0 Å². The van der Waals surface area contributed by atoms with Crippen LogP contribution in [0.4, 0.5) is 0 Å². The molecule has 0 spiro atoms. The Balaban J connectivity index is 2.50. The molecule has 1 unspecified atom stereocenters. The van der Waals surface area contributed by atoms with Gasteiger partial charge in [0.05, 0.1) is 16.1 Å². The number of aryl methyl sites for hydroxylation is 1. The minimum absolute atomic E-state index is 0.0259. The standard InChI is InChI=1S/C15H14BrCl2N/c1-9-8-10(6-7-12(9)16)15(19-2)11-4-3-5-13(17)14(11)18/h3-8,15,19H,1-2H3.